The zero-order valence-electron chi connectivity index (χ0n) is 11.3. The summed E-state index contributed by atoms with van der Waals surface area (Å²) in [4.78, 5) is 12.6. The number of hydrogen-bond acceptors (Lipinski definition) is 6. The van der Waals surface area contributed by atoms with Crippen LogP contribution < -0.4 is 5.32 Å². The van der Waals surface area contributed by atoms with E-state index < -0.39 is 21.0 Å². The molecule has 1 unspecified atom stereocenters. The summed E-state index contributed by atoms with van der Waals surface area (Å²) >= 11 is 6.95. The Hall–Kier alpha value is -1.38. The van der Waals surface area contributed by atoms with Gasteiger partial charge < -0.3 is 9.84 Å². The number of halogens is 1. The number of sulfone groups is 1. The van der Waals surface area contributed by atoms with Crippen LogP contribution >= 0.6 is 22.9 Å². The van der Waals surface area contributed by atoms with Crippen LogP contribution in [0.15, 0.2) is 22.7 Å². The number of nitrogens with zero attached hydrogens (tertiary/aromatic N) is 1. The predicted molar refractivity (Wildman–Crippen MR) is 81.3 cm³/mol. The van der Waals surface area contributed by atoms with Gasteiger partial charge in [-0.25, -0.2) is 8.42 Å². The van der Waals surface area contributed by atoms with E-state index in [0.29, 0.717) is 15.0 Å². The Kier molecular flexibility index (Phi) is 4.70. The minimum Gasteiger partial charge on any atom is -0.360 e. The van der Waals surface area contributed by atoms with Crippen molar-refractivity contribution in [2.24, 2.45) is 0 Å². The second-order valence-electron chi connectivity index (χ2n) is 4.47. The summed E-state index contributed by atoms with van der Waals surface area (Å²) in [6.45, 7) is 3.01. The van der Waals surface area contributed by atoms with E-state index in [-0.39, 0.29) is 11.6 Å². The van der Waals surface area contributed by atoms with E-state index in [2.05, 4.69) is 10.5 Å². The average molecular weight is 349 g/mol. The Bertz CT molecular complexity index is 751. The fourth-order valence-corrected chi connectivity index (χ4v) is 4.31. The van der Waals surface area contributed by atoms with Crippen LogP contribution in [0.1, 0.15) is 17.6 Å². The van der Waals surface area contributed by atoms with Gasteiger partial charge in [-0.1, -0.05) is 16.8 Å². The van der Waals surface area contributed by atoms with Crippen LogP contribution in [-0.4, -0.2) is 24.7 Å². The highest BCUT2D eigenvalue weighted by Crippen LogP contribution is 2.24. The molecule has 6 nitrogen and oxygen atoms in total. The number of aromatic nitrogens is 1. The Morgan fingerprint density at radius 2 is 2.24 bits per heavy atom. The van der Waals surface area contributed by atoms with E-state index >= 15 is 0 Å². The lowest BCUT2D eigenvalue weighted by molar-refractivity contribution is -0.115. The minimum absolute atomic E-state index is 0.193. The van der Waals surface area contributed by atoms with Gasteiger partial charge in [-0.15, -0.1) is 11.3 Å². The lowest BCUT2D eigenvalue weighted by Gasteiger charge is -2.11. The average Bonchev–Trinajstić information content (AvgIpc) is 2.97. The first kappa shape index (κ1) is 16.0. The Morgan fingerprint density at radius 1 is 1.52 bits per heavy atom. The molecule has 0 aromatic carbocycles. The third-order valence-electron chi connectivity index (χ3n) is 2.76. The van der Waals surface area contributed by atoms with Crippen molar-refractivity contribution in [1.82, 2.24) is 5.16 Å². The van der Waals surface area contributed by atoms with Crippen LogP contribution in [0, 0.1) is 6.92 Å². The molecule has 114 valence electrons. The standard InChI is InChI=1S/C12H13ClN2O4S2/c1-7-5-11(15-19-7)14-12(16)8(2)21(17,18)6-9-3-4-10(13)20-9/h3-5,8H,6H2,1-2H3,(H,14,15,16). The van der Waals surface area contributed by atoms with Gasteiger partial charge in [-0.2, -0.15) is 0 Å². The van der Waals surface area contributed by atoms with Crippen molar-refractivity contribution in [3.05, 3.63) is 33.2 Å². The smallest absolute Gasteiger partial charge is 0.243 e. The minimum atomic E-state index is -3.63. The van der Waals surface area contributed by atoms with Crippen molar-refractivity contribution in [2.75, 3.05) is 5.32 Å². The maximum absolute atomic E-state index is 12.2. The van der Waals surface area contributed by atoms with Gasteiger partial charge >= 0.3 is 0 Å². The number of aryl methyl sites for hydroxylation is 1. The van der Waals surface area contributed by atoms with Crippen LogP contribution in [-0.2, 0) is 20.4 Å². The largest absolute Gasteiger partial charge is 0.360 e. The van der Waals surface area contributed by atoms with E-state index in [4.69, 9.17) is 16.1 Å². The van der Waals surface area contributed by atoms with Crippen molar-refractivity contribution in [2.45, 2.75) is 24.9 Å². The van der Waals surface area contributed by atoms with Crippen LogP contribution in [0.5, 0.6) is 0 Å². The maximum atomic E-state index is 12.2. The van der Waals surface area contributed by atoms with Crippen LogP contribution in [0.4, 0.5) is 5.82 Å². The summed E-state index contributed by atoms with van der Waals surface area (Å²) in [7, 11) is -3.63. The van der Waals surface area contributed by atoms with Gasteiger partial charge in [0, 0.05) is 10.9 Å². The topological polar surface area (TPSA) is 89.3 Å². The third-order valence-corrected chi connectivity index (χ3v) is 6.18. The van der Waals surface area contributed by atoms with Gasteiger partial charge in [-0.05, 0) is 26.0 Å². The summed E-state index contributed by atoms with van der Waals surface area (Å²) in [6.07, 6.45) is 0. The molecule has 0 spiro atoms. The molecule has 1 atom stereocenters. The fraction of sp³-hybridized carbons (Fsp3) is 0.333. The molecule has 2 aromatic heterocycles. The molecule has 0 aliphatic rings. The molecule has 0 fully saturated rings. The van der Waals surface area contributed by atoms with Crippen molar-refractivity contribution in [3.63, 3.8) is 0 Å². The number of carbonyl (C=O) groups is 1. The number of carbonyl (C=O) groups excluding carboxylic acids is 1. The van der Waals surface area contributed by atoms with Gasteiger partial charge in [0.1, 0.15) is 11.0 Å². The van der Waals surface area contributed by atoms with Crippen molar-refractivity contribution >= 4 is 44.5 Å². The molecule has 0 saturated heterocycles. The Labute approximate surface area is 131 Å². The zero-order valence-corrected chi connectivity index (χ0v) is 13.7. The highest BCUT2D eigenvalue weighted by molar-refractivity contribution is 7.92. The van der Waals surface area contributed by atoms with Gasteiger partial charge in [-0.3, -0.25) is 4.79 Å². The first-order valence-electron chi connectivity index (χ1n) is 5.98. The maximum Gasteiger partial charge on any atom is 0.243 e. The predicted octanol–water partition coefficient (Wildman–Crippen LogP) is 2.64. The monoisotopic (exact) mass is 348 g/mol. The Balaban J connectivity index is 2.06. The highest BCUT2D eigenvalue weighted by Gasteiger charge is 2.29. The molecular weight excluding hydrogens is 336 g/mol. The van der Waals surface area contributed by atoms with Gasteiger partial charge in [0.25, 0.3) is 0 Å². The molecule has 2 heterocycles. The van der Waals surface area contributed by atoms with Gasteiger partial charge in [0.2, 0.25) is 5.91 Å². The molecule has 1 N–H and O–H groups in total. The van der Waals surface area contributed by atoms with E-state index in [1.54, 1.807) is 19.1 Å². The van der Waals surface area contributed by atoms with Crippen molar-refractivity contribution in [1.29, 1.82) is 0 Å². The van der Waals surface area contributed by atoms with Crippen LogP contribution in [0.3, 0.4) is 0 Å². The number of hydrogen-bond donors (Lipinski definition) is 1. The third kappa shape index (κ3) is 4.05. The van der Waals surface area contributed by atoms with Crippen LogP contribution in [0.2, 0.25) is 4.34 Å². The summed E-state index contributed by atoms with van der Waals surface area (Å²) in [5.74, 6) is -0.157. The molecule has 0 radical (unpaired) electrons. The van der Waals surface area contributed by atoms with E-state index in [9.17, 15) is 13.2 Å². The van der Waals surface area contributed by atoms with E-state index in [1.807, 2.05) is 0 Å². The SMILES string of the molecule is Cc1cc(NC(=O)C(C)S(=O)(=O)Cc2ccc(Cl)s2)no1. The molecule has 0 saturated carbocycles. The molecule has 2 aromatic rings. The highest BCUT2D eigenvalue weighted by atomic mass is 35.5. The number of nitrogens with one attached hydrogen (secondary N) is 1. The fourth-order valence-electron chi connectivity index (χ4n) is 1.57. The molecule has 21 heavy (non-hydrogen) atoms. The second kappa shape index (κ2) is 6.17. The number of anilines is 1. The van der Waals surface area contributed by atoms with Crippen molar-refractivity contribution in [3.8, 4) is 0 Å². The van der Waals surface area contributed by atoms with Gasteiger partial charge in [0.05, 0.1) is 10.1 Å². The molecule has 0 aliphatic heterocycles. The van der Waals surface area contributed by atoms with Crippen molar-refractivity contribution < 1.29 is 17.7 Å². The number of rotatable bonds is 5. The lowest BCUT2D eigenvalue weighted by Crippen LogP contribution is -2.33. The number of amides is 1. The summed E-state index contributed by atoms with van der Waals surface area (Å²) in [5, 5.41) is 4.81. The summed E-state index contributed by atoms with van der Waals surface area (Å²) < 4.78 is 29.7. The molecule has 1 amide bonds. The normalized spacial score (nSPS) is 13.1. The number of thiophene rings is 1. The molecule has 0 aliphatic carbocycles. The first-order chi connectivity index (χ1) is 9.78. The Morgan fingerprint density at radius 3 is 2.76 bits per heavy atom. The molecular formula is C12H13ClN2O4S2. The first-order valence-corrected chi connectivity index (χ1v) is 8.89. The van der Waals surface area contributed by atoms with Crippen LogP contribution in [0.25, 0.3) is 0 Å². The molecule has 9 heteroatoms. The second-order valence-corrected chi connectivity index (χ2v) is 8.59. The van der Waals surface area contributed by atoms with Gasteiger partial charge in [0.15, 0.2) is 15.7 Å². The molecule has 2 rings (SSSR count). The van der Waals surface area contributed by atoms with E-state index in [0.717, 1.165) is 0 Å². The quantitative estimate of drug-likeness (QED) is 0.897. The van der Waals surface area contributed by atoms with E-state index in [1.165, 1.54) is 24.3 Å². The zero-order chi connectivity index (χ0) is 15.6. The molecule has 0 bridgehead atoms. The summed E-state index contributed by atoms with van der Waals surface area (Å²) in [5.41, 5.74) is 0. The lowest BCUT2D eigenvalue weighted by atomic mass is 10.4. The summed E-state index contributed by atoms with van der Waals surface area (Å²) in [6, 6.07) is 4.77.